The summed E-state index contributed by atoms with van der Waals surface area (Å²) in [5.74, 6) is -0.144. The van der Waals surface area contributed by atoms with Gasteiger partial charge in [0.25, 0.3) is 5.91 Å². The summed E-state index contributed by atoms with van der Waals surface area (Å²) in [6, 6.07) is 9.88. The van der Waals surface area contributed by atoms with Crippen LogP contribution in [-0.2, 0) is 4.79 Å². The molecule has 4 heteroatoms. The molecule has 1 aromatic rings. The Balaban J connectivity index is 3.01. The maximum absolute atomic E-state index is 12.0. The number of aliphatic hydroxyl groups excluding tert-OH is 1. The molecule has 0 aliphatic rings. The highest BCUT2D eigenvalue weighted by Gasteiger charge is 2.30. The molecule has 1 unspecified atom stereocenters. The molecule has 0 radical (unpaired) electrons. The van der Waals surface area contributed by atoms with Crippen LogP contribution in [-0.4, -0.2) is 42.7 Å². The second-order valence-corrected chi connectivity index (χ2v) is 5.65. The van der Waals surface area contributed by atoms with Crippen LogP contribution in [0.2, 0.25) is 0 Å². The van der Waals surface area contributed by atoms with Crippen molar-refractivity contribution in [3.8, 4) is 0 Å². The number of carbonyl (C=O) groups is 1. The number of quaternary nitrogens is 1. The standard InChI is InChI=1S/C16H24N2O2/c1-13(2)16(20)17-15(14-9-6-5-7-10-14)18(3,4)11-8-12-19/h5-7,9-10,15,19H,1,8,11-12H2,2-4H3/p+1. The average molecular weight is 277 g/mol. The van der Waals surface area contributed by atoms with Gasteiger partial charge in [-0.05, 0) is 6.92 Å². The van der Waals surface area contributed by atoms with Gasteiger partial charge < -0.3 is 9.59 Å². The summed E-state index contributed by atoms with van der Waals surface area (Å²) in [6.07, 6.45) is 0.533. The van der Waals surface area contributed by atoms with E-state index in [1.807, 2.05) is 44.4 Å². The summed E-state index contributed by atoms with van der Waals surface area (Å²) in [5.41, 5.74) is 1.54. The zero-order valence-electron chi connectivity index (χ0n) is 12.6. The van der Waals surface area contributed by atoms with E-state index in [2.05, 4.69) is 11.9 Å². The van der Waals surface area contributed by atoms with E-state index >= 15 is 0 Å². The van der Waals surface area contributed by atoms with Crippen molar-refractivity contribution < 1.29 is 14.4 Å². The first-order chi connectivity index (χ1) is 9.38. The molecule has 0 aliphatic heterocycles. The van der Waals surface area contributed by atoms with Crippen molar-refractivity contribution in [3.63, 3.8) is 0 Å². The van der Waals surface area contributed by atoms with Crippen molar-refractivity contribution in [2.45, 2.75) is 19.5 Å². The molecule has 0 bridgehead atoms. The van der Waals surface area contributed by atoms with Crippen molar-refractivity contribution in [1.82, 2.24) is 5.32 Å². The van der Waals surface area contributed by atoms with Crippen LogP contribution in [0.25, 0.3) is 0 Å². The zero-order valence-corrected chi connectivity index (χ0v) is 12.6. The van der Waals surface area contributed by atoms with Crippen molar-refractivity contribution in [2.75, 3.05) is 27.2 Å². The van der Waals surface area contributed by atoms with Gasteiger partial charge in [0.1, 0.15) is 0 Å². The molecule has 0 saturated heterocycles. The zero-order chi connectivity index (χ0) is 15.2. The van der Waals surface area contributed by atoms with Gasteiger partial charge in [-0.2, -0.15) is 0 Å². The first kappa shape index (κ1) is 16.4. The van der Waals surface area contributed by atoms with Gasteiger partial charge in [-0.3, -0.25) is 10.1 Å². The summed E-state index contributed by atoms with van der Waals surface area (Å²) >= 11 is 0. The topological polar surface area (TPSA) is 49.3 Å². The Hall–Kier alpha value is -1.65. The summed E-state index contributed by atoms with van der Waals surface area (Å²) in [6.45, 7) is 6.31. The van der Waals surface area contributed by atoms with Crippen molar-refractivity contribution >= 4 is 5.91 Å². The summed E-state index contributed by atoms with van der Waals surface area (Å²) in [5, 5.41) is 12.1. The first-order valence-electron chi connectivity index (χ1n) is 6.83. The number of aliphatic hydroxyl groups is 1. The number of carbonyl (C=O) groups excluding carboxylic acids is 1. The summed E-state index contributed by atoms with van der Waals surface area (Å²) < 4.78 is 0.573. The lowest BCUT2D eigenvalue weighted by atomic mass is 10.1. The first-order valence-corrected chi connectivity index (χ1v) is 6.83. The van der Waals surface area contributed by atoms with E-state index in [-0.39, 0.29) is 18.7 Å². The van der Waals surface area contributed by atoms with Gasteiger partial charge in [0.15, 0.2) is 6.17 Å². The van der Waals surface area contributed by atoms with Crippen LogP contribution in [0.3, 0.4) is 0 Å². The number of benzene rings is 1. The van der Waals surface area contributed by atoms with Gasteiger partial charge in [0, 0.05) is 24.2 Å². The van der Waals surface area contributed by atoms with Crippen LogP contribution in [0.5, 0.6) is 0 Å². The Morgan fingerprint density at radius 3 is 2.45 bits per heavy atom. The third-order valence-corrected chi connectivity index (χ3v) is 3.36. The molecular formula is C16H25N2O2+. The maximum Gasteiger partial charge on any atom is 0.251 e. The molecule has 0 heterocycles. The summed E-state index contributed by atoms with van der Waals surface area (Å²) in [7, 11) is 4.10. The Morgan fingerprint density at radius 2 is 1.95 bits per heavy atom. The van der Waals surface area contributed by atoms with Crippen LogP contribution >= 0.6 is 0 Å². The Morgan fingerprint density at radius 1 is 1.35 bits per heavy atom. The molecule has 0 saturated carbocycles. The number of nitrogens with one attached hydrogen (secondary N) is 1. The minimum Gasteiger partial charge on any atom is -0.396 e. The van der Waals surface area contributed by atoms with E-state index < -0.39 is 0 Å². The largest absolute Gasteiger partial charge is 0.396 e. The molecule has 2 N–H and O–H groups in total. The number of nitrogens with zero attached hydrogens (tertiary/aromatic N) is 1. The van der Waals surface area contributed by atoms with Crippen LogP contribution in [0, 0.1) is 0 Å². The lowest BCUT2D eigenvalue weighted by Crippen LogP contribution is -2.52. The van der Waals surface area contributed by atoms with E-state index in [9.17, 15) is 4.79 Å². The van der Waals surface area contributed by atoms with Gasteiger partial charge in [-0.25, -0.2) is 0 Å². The van der Waals surface area contributed by atoms with Crippen LogP contribution in [0.15, 0.2) is 42.5 Å². The monoisotopic (exact) mass is 277 g/mol. The van der Waals surface area contributed by atoms with E-state index in [1.165, 1.54) is 0 Å². The maximum atomic E-state index is 12.0. The van der Waals surface area contributed by atoms with E-state index in [4.69, 9.17) is 5.11 Å². The molecule has 4 nitrogen and oxygen atoms in total. The number of amides is 1. The predicted octanol–water partition coefficient (Wildman–Crippen LogP) is 1.84. The highest BCUT2D eigenvalue weighted by molar-refractivity contribution is 5.92. The second kappa shape index (κ2) is 7.22. The molecule has 1 amide bonds. The predicted molar refractivity (Wildman–Crippen MR) is 80.8 cm³/mol. The van der Waals surface area contributed by atoms with Gasteiger partial charge in [0.05, 0.1) is 20.6 Å². The third kappa shape index (κ3) is 4.47. The normalized spacial score (nSPS) is 12.8. The number of hydrogen-bond donors (Lipinski definition) is 2. The van der Waals surface area contributed by atoms with Crippen LogP contribution < -0.4 is 5.32 Å². The number of rotatable bonds is 7. The van der Waals surface area contributed by atoms with E-state index in [0.717, 1.165) is 12.1 Å². The average Bonchev–Trinajstić information content (AvgIpc) is 2.43. The van der Waals surface area contributed by atoms with Crippen molar-refractivity contribution in [2.24, 2.45) is 0 Å². The van der Waals surface area contributed by atoms with Crippen LogP contribution in [0.1, 0.15) is 25.1 Å². The highest BCUT2D eigenvalue weighted by atomic mass is 16.3. The van der Waals surface area contributed by atoms with Crippen molar-refractivity contribution in [3.05, 3.63) is 48.0 Å². The molecule has 1 atom stereocenters. The fourth-order valence-corrected chi connectivity index (χ4v) is 2.15. The third-order valence-electron chi connectivity index (χ3n) is 3.36. The fourth-order valence-electron chi connectivity index (χ4n) is 2.15. The molecule has 0 fully saturated rings. The van der Waals surface area contributed by atoms with Crippen LogP contribution in [0.4, 0.5) is 0 Å². The molecule has 1 aromatic carbocycles. The van der Waals surface area contributed by atoms with E-state index in [1.54, 1.807) is 6.92 Å². The quantitative estimate of drug-likeness (QED) is 0.454. The minimum atomic E-state index is -0.160. The summed E-state index contributed by atoms with van der Waals surface area (Å²) in [4.78, 5) is 12.0. The molecule has 20 heavy (non-hydrogen) atoms. The van der Waals surface area contributed by atoms with Gasteiger partial charge in [0.2, 0.25) is 0 Å². The molecule has 0 spiro atoms. The molecule has 1 rings (SSSR count). The molecule has 110 valence electrons. The molecule has 0 aliphatic carbocycles. The van der Waals surface area contributed by atoms with Crippen molar-refractivity contribution in [1.29, 1.82) is 0 Å². The Labute approximate surface area is 121 Å². The van der Waals surface area contributed by atoms with Gasteiger partial charge >= 0.3 is 0 Å². The lowest BCUT2D eigenvalue weighted by molar-refractivity contribution is -0.923. The fraction of sp³-hybridized carbons (Fsp3) is 0.438. The smallest absolute Gasteiger partial charge is 0.251 e. The minimum absolute atomic E-state index is 0.144. The van der Waals surface area contributed by atoms with Gasteiger partial charge in [-0.15, -0.1) is 0 Å². The van der Waals surface area contributed by atoms with E-state index in [0.29, 0.717) is 16.5 Å². The Bertz CT molecular complexity index is 455. The SMILES string of the molecule is C=C(C)C(=O)NC(c1ccccc1)[N+](C)(C)CCCO. The number of hydrogen-bond acceptors (Lipinski definition) is 2. The molecular weight excluding hydrogens is 252 g/mol. The van der Waals surface area contributed by atoms with Gasteiger partial charge in [-0.1, -0.05) is 36.9 Å². The molecule has 0 aromatic heterocycles. The Kier molecular flexibility index (Phi) is 5.92. The lowest BCUT2D eigenvalue weighted by Gasteiger charge is -2.38. The highest BCUT2D eigenvalue weighted by Crippen LogP contribution is 2.23. The second-order valence-electron chi connectivity index (χ2n) is 5.65.